The van der Waals surface area contributed by atoms with Gasteiger partial charge in [-0.2, -0.15) is 5.10 Å². The predicted molar refractivity (Wildman–Crippen MR) is 53.6 cm³/mol. The predicted octanol–water partition coefficient (Wildman–Crippen LogP) is 1.16. The van der Waals surface area contributed by atoms with E-state index in [2.05, 4.69) is 15.2 Å². The third-order valence-corrected chi connectivity index (χ3v) is 2.25. The van der Waals surface area contributed by atoms with Crippen LogP contribution in [-0.2, 0) is 0 Å². The topological polar surface area (TPSA) is 67.6 Å². The first-order valence-corrected chi connectivity index (χ1v) is 4.45. The number of benzene rings is 1. The summed E-state index contributed by atoms with van der Waals surface area (Å²) in [7, 11) is 0. The number of hydrogen-bond donors (Lipinski definition) is 2. The summed E-state index contributed by atoms with van der Waals surface area (Å²) >= 11 is 0. The Kier molecular flexibility index (Phi) is 2.28. The number of hydrogen-bond acceptors (Lipinski definition) is 3. The van der Waals surface area contributed by atoms with E-state index in [0.29, 0.717) is 5.82 Å². The van der Waals surface area contributed by atoms with Crippen molar-refractivity contribution in [2.45, 2.75) is 13.0 Å². The van der Waals surface area contributed by atoms with Crippen LogP contribution in [0, 0.1) is 6.92 Å². The van der Waals surface area contributed by atoms with Crippen LogP contribution in [0.5, 0.6) is 0 Å². The highest BCUT2D eigenvalue weighted by molar-refractivity contribution is 5.31. The zero-order valence-corrected chi connectivity index (χ0v) is 7.94. The van der Waals surface area contributed by atoms with Gasteiger partial charge in [0.15, 0.2) is 0 Å². The fourth-order valence-corrected chi connectivity index (χ4v) is 1.45. The third-order valence-electron chi connectivity index (χ3n) is 2.25. The second kappa shape index (κ2) is 3.59. The summed E-state index contributed by atoms with van der Waals surface area (Å²) in [5.41, 5.74) is 8.26. The fraction of sp³-hybridized carbons (Fsp3) is 0.200. The number of aromatic amines is 1. The highest BCUT2D eigenvalue weighted by Crippen LogP contribution is 2.18. The Morgan fingerprint density at radius 2 is 2.14 bits per heavy atom. The summed E-state index contributed by atoms with van der Waals surface area (Å²) in [6, 6.07) is 7.78. The molecule has 0 bridgehead atoms. The van der Waals surface area contributed by atoms with Crippen molar-refractivity contribution in [3.63, 3.8) is 0 Å². The number of nitrogens with two attached hydrogens (primary N) is 1. The average Bonchev–Trinajstić information content (AvgIpc) is 2.70. The van der Waals surface area contributed by atoms with Crippen molar-refractivity contribution in [2.24, 2.45) is 5.73 Å². The molecule has 0 radical (unpaired) electrons. The summed E-state index contributed by atoms with van der Waals surface area (Å²) < 4.78 is 0. The maximum absolute atomic E-state index is 6.03. The molecule has 0 saturated carbocycles. The van der Waals surface area contributed by atoms with Gasteiger partial charge >= 0.3 is 0 Å². The first kappa shape index (κ1) is 8.90. The highest BCUT2D eigenvalue weighted by atomic mass is 15.2. The second-order valence-corrected chi connectivity index (χ2v) is 3.20. The Morgan fingerprint density at radius 1 is 1.36 bits per heavy atom. The number of aryl methyl sites for hydroxylation is 1. The summed E-state index contributed by atoms with van der Waals surface area (Å²) in [4.78, 5) is 4.04. The lowest BCUT2D eigenvalue weighted by molar-refractivity contribution is 0.781. The molecule has 1 heterocycles. The molecular formula is C10H12N4. The molecular weight excluding hydrogens is 176 g/mol. The normalized spacial score (nSPS) is 12.7. The summed E-state index contributed by atoms with van der Waals surface area (Å²) in [5, 5.41) is 6.56. The van der Waals surface area contributed by atoms with Crippen molar-refractivity contribution in [1.82, 2.24) is 15.2 Å². The van der Waals surface area contributed by atoms with Crippen molar-refractivity contribution in [1.29, 1.82) is 0 Å². The largest absolute Gasteiger partial charge is 0.318 e. The second-order valence-electron chi connectivity index (χ2n) is 3.20. The molecule has 1 atom stereocenters. The molecule has 2 rings (SSSR count). The maximum atomic E-state index is 6.03. The van der Waals surface area contributed by atoms with Crippen molar-refractivity contribution >= 4 is 0 Å². The quantitative estimate of drug-likeness (QED) is 0.743. The summed E-state index contributed by atoms with van der Waals surface area (Å²) in [5.74, 6) is 0.694. The van der Waals surface area contributed by atoms with E-state index in [1.165, 1.54) is 6.33 Å². The van der Waals surface area contributed by atoms with E-state index < -0.39 is 0 Å². The molecule has 0 amide bonds. The Hall–Kier alpha value is -1.68. The number of nitrogens with zero attached hydrogens (tertiary/aromatic N) is 2. The highest BCUT2D eigenvalue weighted by Gasteiger charge is 2.12. The van der Waals surface area contributed by atoms with Gasteiger partial charge in [0, 0.05) is 0 Å². The van der Waals surface area contributed by atoms with Crippen molar-refractivity contribution in [3.05, 3.63) is 47.5 Å². The molecule has 72 valence electrons. The SMILES string of the molecule is Cc1ccccc1C(N)c1ncn[nH]1. The van der Waals surface area contributed by atoms with Crippen LogP contribution in [0.3, 0.4) is 0 Å². The van der Waals surface area contributed by atoms with Crippen LogP contribution in [0.4, 0.5) is 0 Å². The van der Waals surface area contributed by atoms with Crippen LogP contribution < -0.4 is 5.73 Å². The monoisotopic (exact) mass is 188 g/mol. The first-order valence-electron chi connectivity index (χ1n) is 4.45. The third kappa shape index (κ3) is 1.52. The van der Waals surface area contributed by atoms with Gasteiger partial charge in [-0.05, 0) is 18.1 Å². The van der Waals surface area contributed by atoms with Crippen molar-refractivity contribution < 1.29 is 0 Å². The molecule has 1 aromatic heterocycles. The molecule has 4 nitrogen and oxygen atoms in total. The average molecular weight is 188 g/mol. The fourth-order valence-electron chi connectivity index (χ4n) is 1.45. The first-order chi connectivity index (χ1) is 6.79. The van der Waals surface area contributed by atoms with Crippen LogP contribution in [0.2, 0.25) is 0 Å². The van der Waals surface area contributed by atoms with E-state index >= 15 is 0 Å². The minimum atomic E-state index is -0.223. The number of aromatic nitrogens is 3. The smallest absolute Gasteiger partial charge is 0.145 e. The van der Waals surface area contributed by atoms with Gasteiger partial charge in [0.1, 0.15) is 12.2 Å². The Bertz CT molecular complexity index is 408. The van der Waals surface area contributed by atoms with Gasteiger partial charge in [0.2, 0.25) is 0 Å². The standard InChI is InChI=1S/C10H12N4/c1-7-4-2-3-5-8(7)9(11)10-12-6-13-14-10/h2-6,9H,11H2,1H3,(H,12,13,14). The molecule has 0 fully saturated rings. The molecule has 1 aromatic carbocycles. The van der Waals surface area contributed by atoms with Crippen molar-refractivity contribution in [3.8, 4) is 0 Å². The van der Waals surface area contributed by atoms with Crippen LogP contribution in [0.15, 0.2) is 30.6 Å². The lowest BCUT2D eigenvalue weighted by Gasteiger charge is -2.11. The van der Waals surface area contributed by atoms with Crippen LogP contribution in [0.1, 0.15) is 23.0 Å². The van der Waals surface area contributed by atoms with E-state index in [9.17, 15) is 0 Å². The van der Waals surface area contributed by atoms with Gasteiger partial charge in [0.25, 0.3) is 0 Å². The molecule has 0 aliphatic rings. The van der Waals surface area contributed by atoms with E-state index in [0.717, 1.165) is 11.1 Å². The molecule has 0 aliphatic heterocycles. The van der Waals surface area contributed by atoms with Gasteiger partial charge in [-0.1, -0.05) is 24.3 Å². The summed E-state index contributed by atoms with van der Waals surface area (Å²) in [6.07, 6.45) is 1.47. The molecule has 1 unspecified atom stereocenters. The van der Waals surface area contributed by atoms with Gasteiger partial charge in [-0.15, -0.1) is 0 Å². The Morgan fingerprint density at radius 3 is 2.79 bits per heavy atom. The van der Waals surface area contributed by atoms with Crippen LogP contribution in [0.25, 0.3) is 0 Å². The summed E-state index contributed by atoms with van der Waals surface area (Å²) in [6.45, 7) is 2.03. The molecule has 0 spiro atoms. The van der Waals surface area contributed by atoms with Gasteiger partial charge in [0.05, 0.1) is 6.04 Å². The van der Waals surface area contributed by atoms with Gasteiger partial charge < -0.3 is 5.73 Å². The Balaban J connectivity index is 2.37. The number of nitrogens with one attached hydrogen (secondary N) is 1. The maximum Gasteiger partial charge on any atom is 0.145 e. The minimum Gasteiger partial charge on any atom is -0.318 e. The van der Waals surface area contributed by atoms with E-state index in [-0.39, 0.29) is 6.04 Å². The van der Waals surface area contributed by atoms with Gasteiger partial charge in [-0.3, -0.25) is 5.10 Å². The molecule has 2 aromatic rings. The van der Waals surface area contributed by atoms with E-state index in [1.54, 1.807) is 0 Å². The minimum absolute atomic E-state index is 0.223. The van der Waals surface area contributed by atoms with Crippen LogP contribution >= 0.6 is 0 Å². The van der Waals surface area contributed by atoms with E-state index in [4.69, 9.17) is 5.73 Å². The molecule has 3 N–H and O–H groups in total. The van der Waals surface area contributed by atoms with Gasteiger partial charge in [-0.25, -0.2) is 4.98 Å². The molecule has 14 heavy (non-hydrogen) atoms. The Labute approximate surface area is 82.2 Å². The lowest BCUT2D eigenvalue weighted by Crippen LogP contribution is -2.14. The zero-order valence-electron chi connectivity index (χ0n) is 7.94. The number of H-pyrrole nitrogens is 1. The van der Waals surface area contributed by atoms with E-state index in [1.807, 2.05) is 31.2 Å². The molecule has 0 aliphatic carbocycles. The zero-order chi connectivity index (χ0) is 9.97. The van der Waals surface area contributed by atoms with Crippen molar-refractivity contribution in [2.75, 3.05) is 0 Å². The molecule has 0 saturated heterocycles. The number of rotatable bonds is 2. The molecule has 4 heteroatoms. The lowest BCUT2D eigenvalue weighted by atomic mass is 10.0. The van der Waals surface area contributed by atoms with Crippen LogP contribution in [-0.4, -0.2) is 15.2 Å².